The summed E-state index contributed by atoms with van der Waals surface area (Å²) in [4.78, 5) is 34.5. The van der Waals surface area contributed by atoms with Crippen molar-refractivity contribution >= 4 is 34.5 Å². The van der Waals surface area contributed by atoms with Gasteiger partial charge >= 0.3 is 6.18 Å². The molecule has 0 aliphatic carbocycles. The average molecular weight is 581 g/mol. The van der Waals surface area contributed by atoms with Gasteiger partial charge in [-0.2, -0.15) is 13.2 Å². The fourth-order valence-corrected chi connectivity index (χ4v) is 5.27. The summed E-state index contributed by atoms with van der Waals surface area (Å²) in [5, 5.41) is 3.24. The molecular weight excluding hydrogens is 549 g/mol. The first-order valence-electron chi connectivity index (χ1n) is 13.9. The number of rotatable bonds is 7. The van der Waals surface area contributed by atoms with E-state index in [2.05, 4.69) is 47.2 Å². The van der Waals surface area contributed by atoms with Crippen molar-refractivity contribution in [2.45, 2.75) is 19.1 Å². The molecule has 13 heteroatoms. The molecule has 0 atom stereocenters. The van der Waals surface area contributed by atoms with Crippen molar-refractivity contribution in [1.29, 1.82) is 0 Å². The summed E-state index contributed by atoms with van der Waals surface area (Å²) in [6.07, 6.45) is -2.36. The van der Waals surface area contributed by atoms with Crippen LogP contribution in [0.4, 0.5) is 30.8 Å². The Kier molecular flexibility index (Phi) is 7.94. The Balaban J connectivity index is 1.09. The van der Waals surface area contributed by atoms with E-state index >= 15 is 0 Å². The fraction of sp³-hybridized carbons (Fsp3) is 0.379. The second kappa shape index (κ2) is 11.9. The van der Waals surface area contributed by atoms with E-state index in [-0.39, 0.29) is 13.1 Å². The number of anilines is 3. The molecule has 2 fully saturated rings. The highest BCUT2D eigenvalue weighted by atomic mass is 19.4. The first-order chi connectivity index (χ1) is 20.3. The first kappa shape index (κ1) is 27.9. The number of amides is 1. The van der Waals surface area contributed by atoms with Crippen molar-refractivity contribution in [2.24, 2.45) is 0 Å². The predicted molar refractivity (Wildman–Crippen MR) is 152 cm³/mol. The van der Waals surface area contributed by atoms with Crippen LogP contribution in [0.2, 0.25) is 0 Å². The molecule has 10 nitrogen and oxygen atoms in total. The molecule has 0 radical (unpaired) electrons. The number of carbonyl (C=O) groups is 1. The molecule has 0 saturated carbocycles. The van der Waals surface area contributed by atoms with E-state index < -0.39 is 18.5 Å². The van der Waals surface area contributed by atoms with Gasteiger partial charge in [-0.05, 0) is 53.1 Å². The topological polar surface area (TPSA) is 103 Å². The lowest BCUT2D eigenvalue weighted by Gasteiger charge is -2.35. The number of aromatic nitrogens is 4. The third-order valence-corrected chi connectivity index (χ3v) is 7.45. The molecule has 2 aliphatic rings. The summed E-state index contributed by atoms with van der Waals surface area (Å²) >= 11 is 0. The van der Waals surface area contributed by atoms with Gasteiger partial charge in [0.1, 0.15) is 18.1 Å². The molecule has 0 bridgehead atoms. The van der Waals surface area contributed by atoms with E-state index in [4.69, 9.17) is 4.74 Å². The highest BCUT2D eigenvalue weighted by molar-refractivity contribution is 5.84. The number of hydrogen-bond donors (Lipinski definition) is 2. The number of pyridine rings is 2. The smallest absolute Gasteiger partial charge is 0.378 e. The molecule has 3 aromatic heterocycles. The van der Waals surface area contributed by atoms with Gasteiger partial charge in [0.25, 0.3) is 0 Å². The second-order valence-electron chi connectivity index (χ2n) is 10.4. The molecule has 6 rings (SSSR count). The van der Waals surface area contributed by atoms with E-state index in [0.717, 1.165) is 46.6 Å². The molecule has 1 amide bonds. The third kappa shape index (κ3) is 6.80. The summed E-state index contributed by atoms with van der Waals surface area (Å²) < 4.78 is 43.1. The highest BCUT2D eigenvalue weighted by Gasteiger charge is 2.34. The molecule has 220 valence electrons. The lowest BCUT2D eigenvalue weighted by molar-refractivity contribution is -0.162. The van der Waals surface area contributed by atoms with Crippen LogP contribution in [-0.4, -0.2) is 94.3 Å². The maximum Gasteiger partial charge on any atom is 0.397 e. The molecule has 0 spiro atoms. The van der Waals surface area contributed by atoms with Gasteiger partial charge in [-0.1, -0.05) is 6.07 Å². The molecule has 4 aromatic rings. The zero-order valence-electron chi connectivity index (χ0n) is 22.9. The monoisotopic (exact) mass is 580 g/mol. The van der Waals surface area contributed by atoms with Crippen LogP contribution in [0.3, 0.4) is 0 Å². The van der Waals surface area contributed by atoms with Crippen LogP contribution in [0.1, 0.15) is 12.0 Å². The van der Waals surface area contributed by atoms with Gasteiger partial charge in [0.2, 0.25) is 11.9 Å². The van der Waals surface area contributed by atoms with Crippen LogP contribution >= 0.6 is 0 Å². The molecule has 42 heavy (non-hydrogen) atoms. The van der Waals surface area contributed by atoms with E-state index in [1.165, 1.54) is 4.90 Å². The largest absolute Gasteiger partial charge is 0.397 e. The zero-order chi connectivity index (χ0) is 29.1. The number of ether oxygens (including phenoxy) is 1. The van der Waals surface area contributed by atoms with Crippen LogP contribution in [0, 0.1) is 0 Å². The van der Waals surface area contributed by atoms with Crippen LogP contribution in [-0.2, 0) is 16.1 Å². The minimum atomic E-state index is -4.48. The number of hydrogen-bond acceptors (Lipinski definition) is 8. The number of piperazine rings is 1. The van der Waals surface area contributed by atoms with Gasteiger partial charge in [0.05, 0.1) is 24.2 Å². The number of imidazole rings is 1. The Morgan fingerprint density at radius 1 is 0.929 bits per heavy atom. The normalized spacial score (nSPS) is 16.6. The number of aromatic amines is 1. The van der Waals surface area contributed by atoms with Crippen LogP contribution in [0.25, 0.3) is 22.2 Å². The number of benzene rings is 1. The fourth-order valence-electron chi connectivity index (χ4n) is 5.27. The van der Waals surface area contributed by atoms with Crippen LogP contribution in [0.5, 0.6) is 0 Å². The van der Waals surface area contributed by atoms with E-state index in [0.29, 0.717) is 44.6 Å². The number of halogens is 3. The molecule has 2 saturated heterocycles. The zero-order valence-corrected chi connectivity index (χ0v) is 22.9. The number of fused-ring (bicyclic) bond motifs is 1. The van der Waals surface area contributed by atoms with Crippen molar-refractivity contribution in [3.8, 4) is 11.1 Å². The standard InChI is InChI=1S/C29H31F3N8O2/c30-29(31,32)18-27(41)40-9-7-38(8-10-40)19-20-3-5-33-25(15-20)37-28-35-23-2-1-21(16-24(23)36-28)22-4-6-34-26(17-22)39-11-13-42-14-12-39/h1-6,15-17H,7-14,18-19H2,(H2,33,35,36,37). The number of carbonyl (C=O) groups excluding carboxylic acids is 1. The maximum absolute atomic E-state index is 12.6. The minimum Gasteiger partial charge on any atom is -0.378 e. The van der Waals surface area contributed by atoms with Crippen molar-refractivity contribution in [3.63, 3.8) is 0 Å². The number of nitrogens with one attached hydrogen (secondary N) is 2. The molecular formula is C29H31F3N8O2. The quantitative estimate of drug-likeness (QED) is 0.336. The highest BCUT2D eigenvalue weighted by Crippen LogP contribution is 2.28. The van der Waals surface area contributed by atoms with Crippen molar-refractivity contribution in [1.82, 2.24) is 29.7 Å². The SMILES string of the molecule is O=C(CC(F)(F)F)N1CCN(Cc2ccnc(Nc3nc4ccc(-c5ccnc(N6CCOCC6)c5)cc4[nH]3)c2)CC1. The summed E-state index contributed by atoms with van der Waals surface area (Å²) in [6.45, 7) is 5.21. The molecule has 1 aromatic carbocycles. The number of morpholine rings is 1. The number of H-pyrrole nitrogens is 1. The first-order valence-corrected chi connectivity index (χ1v) is 13.9. The second-order valence-corrected chi connectivity index (χ2v) is 10.4. The van der Waals surface area contributed by atoms with Gasteiger partial charge in [-0.15, -0.1) is 0 Å². The van der Waals surface area contributed by atoms with Gasteiger partial charge in [0.15, 0.2) is 0 Å². The number of nitrogens with zero attached hydrogens (tertiary/aromatic N) is 6. The molecule has 2 aliphatic heterocycles. The van der Waals surface area contributed by atoms with E-state index in [1.807, 2.05) is 36.5 Å². The van der Waals surface area contributed by atoms with Gasteiger partial charge in [-0.3, -0.25) is 9.69 Å². The van der Waals surface area contributed by atoms with Crippen molar-refractivity contribution in [3.05, 3.63) is 60.4 Å². The lowest BCUT2D eigenvalue weighted by atomic mass is 10.1. The summed E-state index contributed by atoms with van der Waals surface area (Å²) in [5.74, 6) is 1.25. The van der Waals surface area contributed by atoms with Gasteiger partial charge in [0, 0.05) is 58.2 Å². The van der Waals surface area contributed by atoms with Gasteiger partial charge in [-0.25, -0.2) is 15.0 Å². The Hall–Kier alpha value is -4.23. The van der Waals surface area contributed by atoms with Crippen LogP contribution in [0.15, 0.2) is 54.9 Å². The third-order valence-electron chi connectivity index (χ3n) is 7.45. The summed E-state index contributed by atoms with van der Waals surface area (Å²) in [5.41, 5.74) is 4.81. The number of alkyl halides is 3. The van der Waals surface area contributed by atoms with E-state index in [9.17, 15) is 18.0 Å². The average Bonchev–Trinajstić information content (AvgIpc) is 3.39. The van der Waals surface area contributed by atoms with E-state index in [1.54, 1.807) is 6.20 Å². The Labute approximate surface area is 240 Å². The Morgan fingerprint density at radius 2 is 1.69 bits per heavy atom. The maximum atomic E-state index is 12.6. The Bertz CT molecular complexity index is 1550. The molecule has 2 N–H and O–H groups in total. The minimum absolute atomic E-state index is 0.278. The van der Waals surface area contributed by atoms with Gasteiger partial charge < -0.3 is 24.8 Å². The predicted octanol–water partition coefficient (Wildman–Crippen LogP) is 4.20. The summed E-state index contributed by atoms with van der Waals surface area (Å²) in [7, 11) is 0. The van der Waals surface area contributed by atoms with Crippen LogP contribution < -0.4 is 10.2 Å². The Morgan fingerprint density at radius 3 is 2.48 bits per heavy atom. The summed E-state index contributed by atoms with van der Waals surface area (Å²) in [6, 6.07) is 14.0. The van der Waals surface area contributed by atoms with Crippen molar-refractivity contribution < 1.29 is 22.7 Å². The van der Waals surface area contributed by atoms with Crippen molar-refractivity contribution in [2.75, 3.05) is 62.7 Å². The molecule has 5 heterocycles. The lowest BCUT2D eigenvalue weighted by Crippen LogP contribution is -2.49. The molecule has 0 unspecified atom stereocenters.